The van der Waals surface area contributed by atoms with Crippen LogP contribution >= 0.6 is 11.3 Å². The second kappa shape index (κ2) is 9.71. The first kappa shape index (κ1) is 23.5. The molecule has 1 aromatic rings. The Kier molecular flexibility index (Phi) is 7.14. The van der Waals surface area contributed by atoms with Crippen molar-refractivity contribution in [2.24, 2.45) is 17.3 Å². The molecule has 0 amide bonds. The highest BCUT2D eigenvalue weighted by atomic mass is 32.1. The van der Waals surface area contributed by atoms with E-state index in [0.717, 1.165) is 55.5 Å². The second-order valence-electron chi connectivity index (χ2n) is 10.9. The van der Waals surface area contributed by atoms with Gasteiger partial charge in [0, 0.05) is 36.7 Å². The first-order chi connectivity index (χ1) is 15.2. The Morgan fingerprint density at radius 3 is 2.59 bits per heavy atom. The number of rotatable bonds is 4. The van der Waals surface area contributed by atoms with Gasteiger partial charge in [0.05, 0.1) is 11.5 Å². The van der Waals surface area contributed by atoms with E-state index in [0.29, 0.717) is 16.8 Å². The molecule has 3 aliphatic rings. The summed E-state index contributed by atoms with van der Waals surface area (Å²) in [6.45, 7) is 12.1. The predicted octanol–water partition coefficient (Wildman–Crippen LogP) is 5.92. The van der Waals surface area contributed by atoms with E-state index < -0.39 is 5.97 Å². The van der Waals surface area contributed by atoms with E-state index in [9.17, 15) is 9.90 Å². The van der Waals surface area contributed by atoms with Crippen molar-refractivity contribution in [2.75, 3.05) is 26.3 Å². The van der Waals surface area contributed by atoms with Crippen LogP contribution in [0.25, 0.3) is 5.57 Å². The SMILES string of the molecule is CC1CCC(C2=C(c3cc(C#CC(C)(C)C)sc3C(=O)O)CN(C3CCOC3)CC2)CC1. The van der Waals surface area contributed by atoms with Crippen molar-refractivity contribution in [3.8, 4) is 11.8 Å². The minimum atomic E-state index is -0.834. The monoisotopic (exact) mass is 455 g/mol. The van der Waals surface area contributed by atoms with Gasteiger partial charge in [-0.1, -0.05) is 37.2 Å². The molecule has 2 aliphatic heterocycles. The number of carboxylic acid groups (broad SMARTS) is 1. The number of ether oxygens (including phenoxy) is 1. The lowest BCUT2D eigenvalue weighted by atomic mass is 9.75. The highest BCUT2D eigenvalue weighted by Gasteiger charge is 2.34. The minimum absolute atomic E-state index is 0.110. The van der Waals surface area contributed by atoms with E-state index in [2.05, 4.69) is 50.5 Å². The Hall–Kier alpha value is -1.61. The zero-order valence-electron chi connectivity index (χ0n) is 20.0. The second-order valence-corrected chi connectivity index (χ2v) is 11.9. The lowest BCUT2D eigenvalue weighted by Crippen LogP contribution is -2.41. The third-order valence-corrected chi connectivity index (χ3v) is 8.20. The van der Waals surface area contributed by atoms with Crippen LogP contribution < -0.4 is 0 Å². The molecule has 1 atom stereocenters. The Bertz CT molecular complexity index is 928. The maximum Gasteiger partial charge on any atom is 0.346 e. The Morgan fingerprint density at radius 1 is 1.22 bits per heavy atom. The molecule has 1 N–H and O–H groups in total. The Labute approximate surface area is 197 Å². The predicted molar refractivity (Wildman–Crippen MR) is 131 cm³/mol. The van der Waals surface area contributed by atoms with E-state index in [1.54, 1.807) is 0 Å². The van der Waals surface area contributed by atoms with Crippen LogP contribution in [-0.2, 0) is 4.74 Å². The van der Waals surface area contributed by atoms with Gasteiger partial charge in [-0.2, -0.15) is 0 Å². The van der Waals surface area contributed by atoms with Crippen LogP contribution in [-0.4, -0.2) is 48.3 Å². The lowest BCUT2D eigenvalue weighted by molar-refractivity contribution is 0.0701. The average Bonchev–Trinajstić information content (AvgIpc) is 3.42. The van der Waals surface area contributed by atoms with E-state index in [4.69, 9.17) is 4.74 Å². The molecule has 1 saturated carbocycles. The van der Waals surface area contributed by atoms with E-state index >= 15 is 0 Å². The highest BCUT2D eigenvalue weighted by Crippen LogP contribution is 2.42. The third kappa shape index (κ3) is 5.47. The lowest BCUT2D eigenvalue weighted by Gasteiger charge is -2.38. The van der Waals surface area contributed by atoms with Gasteiger partial charge in [-0.05, 0) is 69.9 Å². The molecule has 174 valence electrons. The van der Waals surface area contributed by atoms with Gasteiger partial charge in [0.25, 0.3) is 0 Å². The van der Waals surface area contributed by atoms with Gasteiger partial charge in [0.2, 0.25) is 0 Å². The fourth-order valence-electron chi connectivity index (χ4n) is 5.32. The standard InChI is InChI=1S/C27H37NO3S/c1-18-5-7-19(8-6-18)22-10-13-28(20-11-14-31-17-20)16-24(22)23-15-21(9-12-27(2,3)4)32-25(23)26(29)30/h15,18-20H,5-8,10-11,13-14,16-17H2,1-4H3,(H,29,30). The summed E-state index contributed by atoms with van der Waals surface area (Å²) in [6, 6.07) is 2.51. The molecular weight excluding hydrogens is 418 g/mol. The van der Waals surface area contributed by atoms with Gasteiger partial charge >= 0.3 is 5.97 Å². The zero-order chi connectivity index (χ0) is 22.9. The number of aromatic carboxylic acids is 1. The molecular formula is C27H37NO3S. The van der Waals surface area contributed by atoms with E-state index in [1.165, 1.54) is 48.2 Å². The summed E-state index contributed by atoms with van der Waals surface area (Å²) in [4.78, 5) is 16.1. The summed E-state index contributed by atoms with van der Waals surface area (Å²) in [6.07, 6.45) is 7.13. The fraction of sp³-hybridized carbons (Fsp3) is 0.667. The van der Waals surface area contributed by atoms with Crippen molar-refractivity contribution in [1.29, 1.82) is 0 Å². The molecule has 0 spiro atoms. The van der Waals surface area contributed by atoms with Gasteiger partial charge in [-0.25, -0.2) is 4.79 Å². The number of thiophene rings is 1. The van der Waals surface area contributed by atoms with Crippen LogP contribution in [0, 0.1) is 29.1 Å². The summed E-state index contributed by atoms with van der Waals surface area (Å²) >= 11 is 1.33. The molecule has 1 aromatic heterocycles. The summed E-state index contributed by atoms with van der Waals surface area (Å²) in [5.74, 6) is 7.10. The van der Waals surface area contributed by atoms with Crippen LogP contribution in [0.3, 0.4) is 0 Å². The van der Waals surface area contributed by atoms with Crippen molar-refractivity contribution in [3.05, 3.63) is 27.0 Å². The molecule has 0 bridgehead atoms. The normalized spacial score (nSPS) is 27.3. The van der Waals surface area contributed by atoms with Gasteiger partial charge in [-0.3, -0.25) is 4.90 Å². The first-order valence-corrected chi connectivity index (χ1v) is 13.0. The number of carboxylic acids is 1. The van der Waals surface area contributed by atoms with Crippen LogP contribution in [0.2, 0.25) is 0 Å². The van der Waals surface area contributed by atoms with E-state index in [-0.39, 0.29) is 5.41 Å². The molecule has 32 heavy (non-hydrogen) atoms. The smallest absolute Gasteiger partial charge is 0.346 e. The Balaban J connectivity index is 1.74. The fourth-order valence-corrected chi connectivity index (χ4v) is 6.20. The molecule has 1 aliphatic carbocycles. The van der Waals surface area contributed by atoms with Gasteiger partial charge in [0.1, 0.15) is 4.88 Å². The molecule has 0 aromatic carbocycles. The number of carbonyl (C=O) groups is 1. The molecule has 4 nitrogen and oxygen atoms in total. The van der Waals surface area contributed by atoms with Crippen molar-refractivity contribution < 1.29 is 14.6 Å². The molecule has 3 heterocycles. The van der Waals surface area contributed by atoms with Gasteiger partial charge in [-0.15, -0.1) is 11.3 Å². The summed E-state index contributed by atoms with van der Waals surface area (Å²) < 4.78 is 5.67. The summed E-state index contributed by atoms with van der Waals surface area (Å²) in [5, 5.41) is 10.1. The Morgan fingerprint density at radius 2 is 1.97 bits per heavy atom. The number of hydrogen-bond acceptors (Lipinski definition) is 4. The summed E-state index contributed by atoms with van der Waals surface area (Å²) in [5.41, 5.74) is 3.58. The first-order valence-electron chi connectivity index (χ1n) is 12.2. The van der Waals surface area contributed by atoms with Gasteiger partial charge < -0.3 is 9.84 Å². The number of hydrogen-bond donors (Lipinski definition) is 1. The zero-order valence-corrected chi connectivity index (χ0v) is 20.8. The molecule has 2 fully saturated rings. The van der Waals surface area contributed by atoms with Crippen molar-refractivity contribution >= 4 is 22.9 Å². The minimum Gasteiger partial charge on any atom is -0.477 e. The van der Waals surface area contributed by atoms with Crippen LogP contribution in [0.15, 0.2) is 11.6 Å². The highest BCUT2D eigenvalue weighted by molar-refractivity contribution is 7.14. The molecule has 0 radical (unpaired) electrons. The van der Waals surface area contributed by atoms with Crippen molar-refractivity contribution in [2.45, 2.75) is 72.3 Å². The molecule has 5 heteroatoms. The topological polar surface area (TPSA) is 49.8 Å². The summed E-state index contributed by atoms with van der Waals surface area (Å²) in [7, 11) is 0. The van der Waals surface area contributed by atoms with Crippen LogP contribution in [0.5, 0.6) is 0 Å². The molecule has 1 saturated heterocycles. The molecule has 4 rings (SSSR count). The third-order valence-electron chi connectivity index (χ3n) is 7.16. The largest absolute Gasteiger partial charge is 0.477 e. The number of nitrogens with zero attached hydrogens (tertiary/aromatic N) is 1. The van der Waals surface area contributed by atoms with Crippen LogP contribution in [0.4, 0.5) is 0 Å². The van der Waals surface area contributed by atoms with Crippen molar-refractivity contribution in [1.82, 2.24) is 4.90 Å². The average molecular weight is 456 g/mol. The quantitative estimate of drug-likeness (QED) is 0.573. The van der Waals surface area contributed by atoms with Crippen molar-refractivity contribution in [3.63, 3.8) is 0 Å². The molecule has 1 unspecified atom stereocenters. The van der Waals surface area contributed by atoms with Gasteiger partial charge in [0.15, 0.2) is 0 Å². The van der Waals surface area contributed by atoms with E-state index in [1.807, 2.05) is 0 Å². The van der Waals surface area contributed by atoms with Crippen LogP contribution in [0.1, 0.15) is 86.3 Å². The maximum atomic E-state index is 12.2. The maximum absolute atomic E-state index is 12.2.